The molecule has 0 N–H and O–H groups in total. The summed E-state index contributed by atoms with van der Waals surface area (Å²) in [6, 6.07) is 0. The van der Waals surface area contributed by atoms with Gasteiger partial charge in [0.2, 0.25) is 0 Å². The van der Waals surface area contributed by atoms with Crippen LogP contribution in [0.4, 0.5) is 0 Å². The van der Waals surface area contributed by atoms with Gasteiger partial charge in [0.25, 0.3) is 0 Å². The summed E-state index contributed by atoms with van der Waals surface area (Å²) in [7, 11) is 0. The van der Waals surface area contributed by atoms with Gasteiger partial charge in [0, 0.05) is 0 Å². The topological polar surface area (TPSA) is 18.5 Å². The Hall–Kier alpha value is -0.960. The molecule has 0 radical (unpaired) electrons. The van der Waals surface area contributed by atoms with Crippen molar-refractivity contribution < 1.29 is 9.47 Å². The molecule has 2 saturated heterocycles. The molecule has 2 nitrogen and oxygen atoms in total. The van der Waals surface area contributed by atoms with E-state index in [9.17, 15) is 0 Å². The molecule has 0 amide bonds. The van der Waals surface area contributed by atoms with Crippen molar-refractivity contribution >= 4 is 0 Å². The maximum absolute atomic E-state index is 6.14. The molecular weight excluding hydrogens is 272 g/mol. The second-order valence-electron chi connectivity index (χ2n) is 8.39. The Balaban J connectivity index is 2.05. The molecule has 2 heterocycles. The van der Waals surface area contributed by atoms with Gasteiger partial charge in [-0.3, -0.25) is 0 Å². The molecule has 0 saturated carbocycles. The zero-order valence-electron chi connectivity index (χ0n) is 15.1. The molecule has 2 aliphatic heterocycles. The second kappa shape index (κ2) is 5.92. The van der Waals surface area contributed by atoms with Crippen molar-refractivity contribution in [3.8, 4) is 23.7 Å². The minimum Gasteiger partial charge on any atom is -0.357 e. The molecule has 0 aliphatic carbocycles. The highest BCUT2D eigenvalue weighted by molar-refractivity contribution is 5.33. The van der Waals surface area contributed by atoms with Crippen LogP contribution in [0.3, 0.4) is 0 Å². The summed E-state index contributed by atoms with van der Waals surface area (Å²) in [4.78, 5) is 0. The lowest BCUT2D eigenvalue weighted by molar-refractivity contribution is -0.135. The highest BCUT2D eigenvalue weighted by Crippen LogP contribution is 2.35. The van der Waals surface area contributed by atoms with Crippen LogP contribution in [-0.2, 0) is 9.47 Å². The number of hydrogen-bond acceptors (Lipinski definition) is 2. The maximum Gasteiger partial charge on any atom is 0.127 e. The highest BCUT2D eigenvalue weighted by Gasteiger charge is 2.37. The average Bonchev–Trinajstić information content (AvgIpc) is 2.31. The van der Waals surface area contributed by atoms with Crippen LogP contribution < -0.4 is 0 Å². The van der Waals surface area contributed by atoms with E-state index in [-0.39, 0.29) is 22.4 Å². The van der Waals surface area contributed by atoms with Crippen molar-refractivity contribution in [2.45, 2.75) is 102 Å². The molecule has 0 bridgehead atoms. The summed E-state index contributed by atoms with van der Waals surface area (Å²) in [5.74, 6) is 12.5. The Morgan fingerprint density at radius 2 is 0.955 bits per heavy atom. The molecule has 122 valence electrons. The van der Waals surface area contributed by atoms with E-state index in [0.29, 0.717) is 0 Å². The molecule has 2 atom stereocenters. The Morgan fingerprint density at radius 1 is 0.591 bits per heavy atom. The van der Waals surface area contributed by atoms with Gasteiger partial charge in [0.1, 0.15) is 11.2 Å². The minimum absolute atomic E-state index is 0.0857. The fourth-order valence-corrected chi connectivity index (χ4v) is 3.63. The minimum atomic E-state index is -0.371. The lowest BCUT2D eigenvalue weighted by atomic mass is 9.88. The van der Waals surface area contributed by atoms with Crippen LogP contribution in [0.5, 0.6) is 0 Å². The molecule has 2 aliphatic rings. The van der Waals surface area contributed by atoms with Gasteiger partial charge in [-0.2, -0.15) is 0 Å². The second-order valence-corrected chi connectivity index (χ2v) is 8.39. The lowest BCUT2D eigenvalue weighted by Crippen LogP contribution is -2.42. The zero-order chi connectivity index (χ0) is 16.5. The summed E-state index contributed by atoms with van der Waals surface area (Å²) in [6.07, 6.45) is 6.45. The summed E-state index contributed by atoms with van der Waals surface area (Å²) in [6.45, 7) is 12.7. The molecule has 2 fully saturated rings. The van der Waals surface area contributed by atoms with E-state index < -0.39 is 0 Å². The molecule has 0 aromatic carbocycles. The third-order valence-electron chi connectivity index (χ3n) is 4.58. The lowest BCUT2D eigenvalue weighted by Gasteiger charge is -2.40. The van der Waals surface area contributed by atoms with Crippen molar-refractivity contribution in [3.63, 3.8) is 0 Å². The molecule has 0 aromatic heterocycles. The van der Waals surface area contributed by atoms with Crippen molar-refractivity contribution in [1.82, 2.24) is 0 Å². The van der Waals surface area contributed by atoms with Crippen LogP contribution in [0.2, 0.25) is 0 Å². The van der Waals surface area contributed by atoms with Crippen molar-refractivity contribution in [1.29, 1.82) is 0 Å². The van der Waals surface area contributed by atoms with E-state index in [2.05, 4.69) is 65.2 Å². The normalized spacial score (nSPS) is 36.5. The smallest absolute Gasteiger partial charge is 0.127 e. The van der Waals surface area contributed by atoms with E-state index in [1.807, 2.05) is 0 Å². The summed E-state index contributed by atoms with van der Waals surface area (Å²) in [5, 5.41) is 0. The monoisotopic (exact) mass is 302 g/mol. The molecule has 22 heavy (non-hydrogen) atoms. The summed E-state index contributed by atoms with van der Waals surface area (Å²) in [5.41, 5.74) is -0.913. The summed E-state index contributed by atoms with van der Waals surface area (Å²) < 4.78 is 12.3. The molecule has 0 aromatic rings. The van der Waals surface area contributed by atoms with Crippen LogP contribution in [-0.4, -0.2) is 22.4 Å². The molecule has 2 heteroatoms. The van der Waals surface area contributed by atoms with Gasteiger partial charge < -0.3 is 9.47 Å². The van der Waals surface area contributed by atoms with Crippen LogP contribution in [0, 0.1) is 23.7 Å². The van der Waals surface area contributed by atoms with E-state index in [4.69, 9.17) is 9.47 Å². The quantitative estimate of drug-likeness (QED) is 0.615. The maximum atomic E-state index is 6.14. The Bertz CT molecular complexity index is 488. The van der Waals surface area contributed by atoms with Crippen LogP contribution in [0.1, 0.15) is 80.1 Å². The first kappa shape index (κ1) is 17.4. The van der Waals surface area contributed by atoms with Gasteiger partial charge in [-0.25, -0.2) is 0 Å². The van der Waals surface area contributed by atoms with E-state index in [1.165, 1.54) is 0 Å². The number of hydrogen-bond donors (Lipinski definition) is 0. The van der Waals surface area contributed by atoms with E-state index in [0.717, 1.165) is 38.5 Å². The first-order chi connectivity index (χ1) is 10.0. The largest absolute Gasteiger partial charge is 0.357 e. The Morgan fingerprint density at radius 3 is 1.27 bits per heavy atom. The SMILES string of the molecule is CC1(C)CCC[C@](C)(C#CC#C[C@@]2(C)CCCC(C)(C)O2)O1. The average molecular weight is 302 g/mol. The van der Waals surface area contributed by atoms with Crippen molar-refractivity contribution in [2.75, 3.05) is 0 Å². The van der Waals surface area contributed by atoms with Crippen LogP contribution >= 0.6 is 0 Å². The van der Waals surface area contributed by atoms with Gasteiger partial charge >= 0.3 is 0 Å². The van der Waals surface area contributed by atoms with E-state index >= 15 is 0 Å². The van der Waals surface area contributed by atoms with Crippen molar-refractivity contribution in [2.24, 2.45) is 0 Å². The first-order valence-corrected chi connectivity index (χ1v) is 8.48. The van der Waals surface area contributed by atoms with Gasteiger partial charge in [0.05, 0.1) is 11.2 Å². The fraction of sp³-hybridized carbons (Fsp3) is 0.800. The molecule has 2 rings (SSSR count). The Labute approximate surface area is 136 Å². The predicted octanol–water partition coefficient (Wildman–Crippen LogP) is 4.47. The Kier molecular flexibility index (Phi) is 4.68. The van der Waals surface area contributed by atoms with Crippen LogP contribution in [0.15, 0.2) is 0 Å². The summed E-state index contributed by atoms with van der Waals surface area (Å²) >= 11 is 0. The molecular formula is C20H30O2. The van der Waals surface area contributed by atoms with E-state index in [1.54, 1.807) is 0 Å². The third-order valence-corrected chi connectivity index (χ3v) is 4.58. The number of rotatable bonds is 0. The van der Waals surface area contributed by atoms with Crippen molar-refractivity contribution in [3.05, 3.63) is 0 Å². The molecule has 0 unspecified atom stereocenters. The van der Waals surface area contributed by atoms with Gasteiger partial charge in [0.15, 0.2) is 0 Å². The fourth-order valence-electron chi connectivity index (χ4n) is 3.63. The first-order valence-electron chi connectivity index (χ1n) is 8.48. The standard InChI is InChI=1S/C20H30O2/c1-17(2)11-9-15-19(5,21-17)13-7-8-14-20(6)16-10-12-18(3,4)22-20/h9-12,15-16H2,1-6H3/t19-,20-/m0/s1. The molecule has 0 spiro atoms. The van der Waals surface area contributed by atoms with Gasteiger partial charge in [-0.1, -0.05) is 11.8 Å². The highest BCUT2D eigenvalue weighted by atomic mass is 16.5. The van der Waals surface area contributed by atoms with Gasteiger partial charge in [-0.05, 0) is 91.9 Å². The number of ether oxygens (including phenoxy) is 2. The third kappa shape index (κ3) is 4.77. The predicted molar refractivity (Wildman–Crippen MR) is 90.4 cm³/mol. The van der Waals surface area contributed by atoms with Gasteiger partial charge in [-0.15, -0.1) is 0 Å². The zero-order valence-corrected chi connectivity index (χ0v) is 15.1. The van der Waals surface area contributed by atoms with Crippen LogP contribution in [0.25, 0.3) is 0 Å².